The summed E-state index contributed by atoms with van der Waals surface area (Å²) in [6.07, 6.45) is 0. The van der Waals surface area contributed by atoms with E-state index in [4.69, 9.17) is 15.0 Å². The summed E-state index contributed by atoms with van der Waals surface area (Å²) in [4.78, 5) is 16.3. The Labute approximate surface area is 46.9 Å². The van der Waals surface area contributed by atoms with Gasteiger partial charge in [0, 0.05) is 0 Å². The molecule has 0 saturated carbocycles. The lowest BCUT2D eigenvalue weighted by atomic mass is 10.5. The van der Waals surface area contributed by atoms with Gasteiger partial charge in [-0.05, 0) is 6.92 Å². The fraction of sp³-hybridized carbons (Fsp3) is 0.333. The highest BCUT2D eigenvalue weighted by molar-refractivity contribution is 7.55. The van der Waals surface area contributed by atoms with Crippen molar-refractivity contribution in [2.75, 3.05) is 0 Å². The van der Waals surface area contributed by atoms with E-state index < -0.39 is 13.3 Å². The average Bonchev–Trinajstić information content (AvgIpc) is 1.62. The van der Waals surface area contributed by atoms with E-state index in [2.05, 4.69) is 0 Å². The van der Waals surface area contributed by atoms with Gasteiger partial charge in [0.15, 0.2) is 5.66 Å². The zero-order valence-electron chi connectivity index (χ0n) is 4.20. The first-order valence-corrected chi connectivity index (χ1v) is 3.39. The number of nitriles is 1. The van der Waals surface area contributed by atoms with Crippen LogP contribution in [0.25, 0.3) is 0 Å². The van der Waals surface area contributed by atoms with E-state index in [0.29, 0.717) is 0 Å². The maximum absolute atomic E-state index is 10.00. The quantitative estimate of drug-likeness (QED) is 0.503. The summed E-state index contributed by atoms with van der Waals surface area (Å²) in [5.74, 6) is 0. The number of nitrogens with zero attached hydrogens (tertiary/aromatic N) is 1. The molecule has 8 heavy (non-hydrogen) atoms. The minimum Gasteiger partial charge on any atom is -0.323 e. The molecule has 0 spiro atoms. The molecule has 1 radical (unpaired) electrons. The molecular formula is C3H5NO3P. The first-order valence-electron chi connectivity index (χ1n) is 1.78. The van der Waals surface area contributed by atoms with Crippen molar-refractivity contribution < 1.29 is 14.4 Å². The van der Waals surface area contributed by atoms with Crippen LogP contribution < -0.4 is 0 Å². The molecular weight excluding hydrogens is 129 g/mol. The Morgan fingerprint density at radius 2 is 2.12 bits per heavy atom. The van der Waals surface area contributed by atoms with Gasteiger partial charge in [-0.25, -0.2) is 0 Å². The van der Waals surface area contributed by atoms with Crippen LogP contribution in [0.4, 0.5) is 0 Å². The minimum atomic E-state index is -4.20. The van der Waals surface area contributed by atoms with E-state index >= 15 is 0 Å². The summed E-state index contributed by atoms with van der Waals surface area (Å²) < 4.78 is 10.00. The molecule has 0 rings (SSSR count). The van der Waals surface area contributed by atoms with Crippen molar-refractivity contribution in [1.82, 2.24) is 0 Å². The van der Waals surface area contributed by atoms with Gasteiger partial charge >= 0.3 is 7.60 Å². The molecule has 0 bridgehead atoms. The van der Waals surface area contributed by atoms with Gasteiger partial charge in [-0.1, -0.05) is 0 Å². The number of hydrogen-bond donors (Lipinski definition) is 2. The third kappa shape index (κ3) is 2.08. The Morgan fingerprint density at radius 3 is 2.12 bits per heavy atom. The van der Waals surface area contributed by atoms with E-state index in [0.717, 1.165) is 6.92 Å². The first kappa shape index (κ1) is 7.64. The Hall–Kier alpha value is -0.360. The summed E-state index contributed by atoms with van der Waals surface area (Å²) in [7, 11) is -4.20. The zero-order chi connectivity index (χ0) is 6.78. The van der Waals surface area contributed by atoms with Crippen LogP contribution in [0.15, 0.2) is 0 Å². The molecule has 0 aliphatic rings. The van der Waals surface area contributed by atoms with Crippen molar-refractivity contribution in [3.63, 3.8) is 0 Å². The van der Waals surface area contributed by atoms with Gasteiger partial charge in [0.2, 0.25) is 0 Å². The van der Waals surface area contributed by atoms with Crippen molar-refractivity contribution in [3.8, 4) is 6.07 Å². The lowest BCUT2D eigenvalue weighted by Crippen LogP contribution is -1.86. The molecule has 0 heterocycles. The van der Waals surface area contributed by atoms with Gasteiger partial charge in [-0.3, -0.25) is 4.57 Å². The van der Waals surface area contributed by atoms with Crippen molar-refractivity contribution in [3.05, 3.63) is 5.66 Å². The Morgan fingerprint density at radius 1 is 1.75 bits per heavy atom. The van der Waals surface area contributed by atoms with Crippen molar-refractivity contribution in [2.24, 2.45) is 0 Å². The molecule has 0 unspecified atom stereocenters. The van der Waals surface area contributed by atoms with Crippen LogP contribution >= 0.6 is 7.60 Å². The molecule has 0 amide bonds. The maximum atomic E-state index is 10.00. The van der Waals surface area contributed by atoms with Gasteiger partial charge in [-0.2, -0.15) is 5.26 Å². The molecule has 0 aromatic carbocycles. The molecule has 0 aromatic rings. The molecule has 0 aliphatic heterocycles. The lowest BCUT2D eigenvalue weighted by molar-refractivity contribution is 0.377. The predicted molar refractivity (Wildman–Crippen MR) is 26.6 cm³/mol. The molecule has 0 atom stereocenters. The third-order valence-corrected chi connectivity index (χ3v) is 1.57. The van der Waals surface area contributed by atoms with Gasteiger partial charge < -0.3 is 9.79 Å². The van der Waals surface area contributed by atoms with Crippen LogP contribution in [0.2, 0.25) is 0 Å². The van der Waals surface area contributed by atoms with Gasteiger partial charge in [-0.15, -0.1) is 0 Å². The average molecular weight is 134 g/mol. The maximum Gasteiger partial charge on any atom is 0.347 e. The lowest BCUT2D eigenvalue weighted by Gasteiger charge is -2.00. The highest BCUT2D eigenvalue weighted by Gasteiger charge is 2.24. The molecule has 0 fully saturated rings. The van der Waals surface area contributed by atoms with Gasteiger partial charge in [0.25, 0.3) is 0 Å². The second-order valence-corrected chi connectivity index (χ2v) is 3.00. The first-order chi connectivity index (χ1) is 3.48. The smallest absolute Gasteiger partial charge is 0.323 e. The summed E-state index contributed by atoms with van der Waals surface area (Å²) in [5.41, 5.74) is -0.447. The Balaban J connectivity index is 4.09. The van der Waals surface area contributed by atoms with Gasteiger partial charge in [0.1, 0.15) is 0 Å². The number of rotatable bonds is 1. The van der Waals surface area contributed by atoms with Gasteiger partial charge in [0.05, 0.1) is 6.07 Å². The molecule has 45 valence electrons. The second kappa shape index (κ2) is 2.27. The SMILES string of the molecule is C[C](C#N)P(=O)(O)O. The highest BCUT2D eigenvalue weighted by atomic mass is 31.2. The molecule has 5 heteroatoms. The number of hydrogen-bond acceptors (Lipinski definition) is 2. The fourth-order valence-electron chi connectivity index (χ4n) is 0.0651. The van der Waals surface area contributed by atoms with Crippen LogP contribution in [0, 0.1) is 17.0 Å². The normalized spacial score (nSPS) is 11.4. The molecule has 2 N–H and O–H groups in total. The summed E-state index contributed by atoms with van der Waals surface area (Å²) in [6, 6.07) is 1.36. The van der Waals surface area contributed by atoms with E-state index in [1.807, 2.05) is 0 Å². The molecule has 4 nitrogen and oxygen atoms in total. The topological polar surface area (TPSA) is 81.3 Å². The van der Waals surface area contributed by atoms with E-state index in [1.165, 1.54) is 6.07 Å². The van der Waals surface area contributed by atoms with Crippen LogP contribution in [-0.2, 0) is 4.57 Å². The predicted octanol–water partition coefficient (Wildman–Crippen LogP) is 0.240. The van der Waals surface area contributed by atoms with E-state index in [9.17, 15) is 4.57 Å². The van der Waals surface area contributed by atoms with Crippen LogP contribution in [0.1, 0.15) is 6.92 Å². The standard InChI is InChI=1S/C3H5NO3P/c1-3(2-4)8(5,6)7/h1H3,(H2,5,6,7). The second-order valence-electron chi connectivity index (χ2n) is 1.24. The fourth-order valence-corrected chi connectivity index (χ4v) is 0.195. The third-order valence-electron chi connectivity index (χ3n) is 0.599. The minimum absolute atomic E-state index is 0.447. The summed E-state index contributed by atoms with van der Waals surface area (Å²) >= 11 is 0. The highest BCUT2D eigenvalue weighted by Crippen LogP contribution is 2.45. The largest absolute Gasteiger partial charge is 0.347 e. The van der Waals surface area contributed by atoms with Crippen LogP contribution in [0.5, 0.6) is 0 Å². The van der Waals surface area contributed by atoms with Crippen molar-refractivity contribution >= 4 is 7.60 Å². The summed E-state index contributed by atoms with van der Waals surface area (Å²) in [6.45, 7) is 1.10. The molecule has 0 aromatic heterocycles. The molecule has 0 aliphatic carbocycles. The van der Waals surface area contributed by atoms with E-state index in [1.54, 1.807) is 0 Å². The zero-order valence-corrected chi connectivity index (χ0v) is 5.09. The van der Waals surface area contributed by atoms with E-state index in [-0.39, 0.29) is 0 Å². The van der Waals surface area contributed by atoms with Crippen LogP contribution in [-0.4, -0.2) is 9.79 Å². The van der Waals surface area contributed by atoms with Crippen molar-refractivity contribution in [2.45, 2.75) is 6.92 Å². The Bertz CT molecular complexity index is 154. The van der Waals surface area contributed by atoms with Crippen LogP contribution in [0.3, 0.4) is 0 Å². The molecule has 0 saturated heterocycles. The van der Waals surface area contributed by atoms with Crippen molar-refractivity contribution in [1.29, 1.82) is 5.26 Å². The summed E-state index contributed by atoms with van der Waals surface area (Å²) in [5, 5.41) is 7.89. The Kier molecular flexibility index (Phi) is 2.17. The monoisotopic (exact) mass is 134 g/mol.